The van der Waals surface area contributed by atoms with Crippen LogP contribution in [0.3, 0.4) is 0 Å². The first kappa shape index (κ1) is 22.5. The first-order valence-electron chi connectivity index (χ1n) is 10.5. The molecule has 7 nitrogen and oxygen atoms in total. The van der Waals surface area contributed by atoms with E-state index in [4.69, 9.17) is 10.5 Å². The van der Waals surface area contributed by atoms with Gasteiger partial charge in [0.05, 0.1) is 29.0 Å². The lowest BCUT2D eigenvalue weighted by molar-refractivity contribution is -0.172. The molecule has 2 aromatic heterocycles. The third kappa shape index (κ3) is 2.93. The molecular weight excluding hydrogens is 458 g/mol. The van der Waals surface area contributed by atoms with Crippen molar-refractivity contribution in [3.05, 3.63) is 62.2 Å². The Balaban J connectivity index is 1.87. The number of hydrogen-bond acceptors (Lipinski definition) is 6. The van der Waals surface area contributed by atoms with Crippen molar-refractivity contribution in [2.75, 3.05) is 0 Å². The number of halogens is 4. The number of aryl methyl sites for hydroxylation is 1. The molecule has 4 heterocycles. The summed E-state index contributed by atoms with van der Waals surface area (Å²) in [5.74, 6) is -1.58. The van der Waals surface area contributed by atoms with Crippen molar-refractivity contribution in [2.24, 2.45) is 5.73 Å². The Kier molecular flexibility index (Phi) is 4.69. The zero-order valence-corrected chi connectivity index (χ0v) is 18.1. The summed E-state index contributed by atoms with van der Waals surface area (Å²) < 4.78 is 61.9. The molecule has 0 amide bonds. The molecule has 5 rings (SSSR count). The summed E-state index contributed by atoms with van der Waals surface area (Å²) in [6.07, 6.45) is -4.90. The third-order valence-electron chi connectivity index (χ3n) is 6.68. The summed E-state index contributed by atoms with van der Waals surface area (Å²) in [6.45, 7) is 2.32. The number of hydrogen-bond donors (Lipinski definition) is 2. The highest BCUT2D eigenvalue weighted by Gasteiger charge is 2.46. The van der Waals surface area contributed by atoms with Crippen molar-refractivity contribution in [2.45, 2.75) is 51.2 Å². The van der Waals surface area contributed by atoms with Crippen LogP contribution in [0.1, 0.15) is 47.2 Å². The van der Waals surface area contributed by atoms with Crippen LogP contribution in [0.25, 0.3) is 22.3 Å². The van der Waals surface area contributed by atoms with Gasteiger partial charge in [0, 0.05) is 22.6 Å². The second kappa shape index (κ2) is 7.09. The van der Waals surface area contributed by atoms with Gasteiger partial charge in [-0.2, -0.15) is 13.2 Å². The van der Waals surface area contributed by atoms with Gasteiger partial charge >= 0.3 is 12.1 Å². The number of carbonyl (C=O) groups is 1. The van der Waals surface area contributed by atoms with Gasteiger partial charge in [-0.05, 0) is 36.6 Å². The van der Waals surface area contributed by atoms with Crippen LogP contribution in [0, 0.1) is 12.7 Å². The van der Waals surface area contributed by atoms with Crippen molar-refractivity contribution >= 4 is 16.9 Å². The summed E-state index contributed by atoms with van der Waals surface area (Å²) >= 11 is 0. The normalized spacial score (nSPS) is 20.1. The molecule has 3 aromatic rings. The second-order valence-electron chi connectivity index (χ2n) is 8.59. The van der Waals surface area contributed by atoms with Crippen LogP contribution in [0.15, 0.2) is 23.0 Å². The van der Waals surface area contributed by atoms with E-state index in [1.54, 1.807) is 0 Å². The average molecular weight is 477 g/mol. The molecule has 0 bridgehead atoms. The number of benzene rings is 1. The molecule has 0 radical (unpaired) electrons. The number of aromatic nitrogens is 2. The fourth-order valence-electron chi connectivity index (χ4n) is 4.76. The zero-order valence-electron chi connectivity index (χ0n) is 18.1. The lowest BCUT2D eigenvalue weighted by Crippen LogP contribution is -2.44. The smallest absolute Gasteiger partial charge is 0.407 e. The van der Waals surface area contributed by atoms with Crippen molar-refractivity contribution < 1.29 is 32.2 Å². The fourth-order valence-corrected chi connectivity index (χ4v) is 4.76. The minimum atomic E-state index is -4.81. The molecule has 2 atom stereocenters. The van der Waals surface area contributed by atoms with Crippen LogP contribution >= 0.6 is 0 Å². The maximum atomic E-state index is 14.3. The van der Waals surface area contributed by atoms with Crippen molar-refractivity contribution in [1.82, 2.24) is 9.55 Å². The molecule has 11 heteroatoms. The van der Waals surface area contributed by atoms with Gasteiger partial charge in [0.15, 0.2) is 5.60 Å². The Labute approximate surface area is 189 Å². The predicted octanol–water partition coefficient (Wildman–Crippen LogP) is 3.09. The SMILES string of the molecule is CC[C@@]1(O)C(=O)OCc2c1cc1n(c2=O)Cc2c-1nc1cc(F)c(C)cc1c2[C@@H](N)C(F)(F)F. The summed E-state index contributed by atoms with van der Waals surface area (Å²) in [7, 11) is 0. The highest BCUT2D eigenvalue weighted by atomic mass is 19.4. The van der Waals surface area contributed by atoms with Gasteiger partial charge in [-0.1, -0.05) is 6.92 Å². The van der Waals surface area contributed by atoms with Crippen molar-refractivity contribution in [3.8, 4) is 11.4 Å². The summed E-state index contributed by atoms with van der Waals surface area (Å²) in [5.41, 5.74) is 2.96. The fraction of sp³-hybridized carbons (Fsp3) is 0.348. The average Bonchev–Trinajstić information content (AvgIpc) is 3.13. The molecule has 0 saturated heterocycles. The minimum absolute atomic E-state index is 0.0164. The number of pyridine rings is 2. The van der Waals surface area contributed by atoms with Crippen LogP contribution in [-0.4, -0.2) is 26.8 Å². The Morgan fingerprint density at radius 3 is 2.62 bits per heavy atom. The van der Waals surface area contributed by atoms with E-state index in [1.165, 1.54) is 30.5 Å². The number of rotatable bonds is 2. The van der Waals surface area contributed by atoms with Gasteiger partial charge in [-0.15, -0.1) is 0 Å². The van der Waals surface area contributed by atoms with Crippen molar-refractivity contribution in [3.63, 3.8) is 0 Å². The standard InChI is InChI=1S/C23H19F4N3O4/c1-3-22(33)13-5-16-18-11(7-30(16)20(31)12(13)8-34-21(22)32)17(19(28)23(25,26)27)10-4-9(2)14(24)6-15(10)29-18/h4-6,19,33H,3,7-8,28H2,1-2H3/t19-,22+/m1/s1. The number of fused-ring (bicyclic) bond motifs is 5. The molecule has 0 saturated carbocycles. The van der Waals surface area contributed by atoms with Gasteiger partial charge in [-0.25, -0.2) is 14.2 Å². The van der Waals surface area contributed by atoms with Gasteiger partial charge in [0.2, 0.25) is 0 Å². The van der Waals surface area contributed by atoms with E-state index in [1.807, 2.05) is 0 Å². The van der Waals surface area contributed by atoms with E-state index in [0.717, 1.165) is 6.07 Å². The quantitative estimate of drug-likeness (QED) is 0.340. The first-order chi connectivity index (χ1) is 15.9. The summed E-state index contributed by atoms with van der Waals surface area (Å²) in [6, 6.07) is 1.25. The molecular formula is C23H19F4N3O4. The molecule has 0 spiro atoms. The molecule has 2 aliphatic rings. The number of nitrogens with two attached hydrogens (primary N) is 1. The van der Waals surface area contributed by atoms with E-state index in [-0.39, 0.29) is 69.7 Å². The third-order valence-corrected chi connectivity index (χ3v) is 6.68. The van der Waals surface area contributed by atoms with E-state index in [0.29, 0.717) is 0 Å². The minimum Gasteiger partial charge on any atom is -0.458 e. The van der Waals surface area contributed by atoms with Crippen LogP contribution in [0.5, 0.6) is 0 Å². The number of ether oxygens (including phenoxy) is 1. The number of cyclic esters (lactones) is 1. The predicted molar refractivity (Wildman–Crippen MR) is 112 cm³/mol. The Bertz CT molecular complexity index is 1460. The Hall–Kier alpha value is -3.31. The molecule has 178 valence electrons. The first-order valence-corrected chi connectivity index (χ1v) is 10.5. The lowest BCUT2D eigenvalue weighted by Gasteiger charge is -2.31. The molecule has 3 N–H and O–H groups in total. The van der Waals surface area contributed by atoms with Gasteiger partial charge in [-0.3, -0.25) is 4.79 Å². The molecule has 0 unspecified atom stereocenters. The number of alkyl halides is 3. The largest absolute Gasteiger partial charge is 0.458 e. The molecule has 1 aromatic carbocycles. The van der Waals surface area contributed by atoms with Gasteiger partial charge in [0.1, 0.15) is 18.5 Å². The van der Waals surface area contributed by atoms with Crippen LogP contribution in [-0.2, 0) is 28.3 Å². The zero-order chi connectivity index (χ0) is 24.7. The molecule has 34 heavy (non-hydrogen) atoms. The Morgan fingerprint density at radius 1 is 1.26 bits per heavy atom. The summed E-state index contributed by atoms with van der Waals surface area (Å²) in [5, 5.41) is 11.0. The lowest BCUT2D eigenvalue weighted by atomic mass is 9.86. The topological polar surface area (TPSA) is 107 Å². The Morgan fingerprint density at radius 2 is 1.97 bits per heavy atom. The monoisotopic (exact) mass is 477 g/mol. The van der Waals surface area contributed by atoms with Crippen LogP contribution < -0.4 is 11.3 Å². The van der Waals surface area contributed by atoms with E-state index < -0.39 is 35.2 Å². The van der Waals surface area contributed by atoms with Gasteiger partial charge < -0.3 is 20.1 Å². The maximum absolute atomic E-state index is 14.3. The second-order valence-corrected chi connectivity index (χ2v) is 8.59. The van der Waals surface area contributed by atoms with E-state index in [2.05, 4.69) is 4.98 Å². The number of nitrogens with zero attached hydrogens (tertiary/aromatic N) is 2. The highest BCUT2D eigenvalue weighted by Crippen LogP contribution is 2.44. The molecule has 0 aliphatic carbocycles. The van der Waals surface area contributed by atoms with E-state index in [9.17, 15) is 32.3 Å². The number of esters is 1. The van der Waals surface area contributed by atoms with Crippen LogP contribution in [0.2, 0.25) is 0 Å². The van der Waals surface area contributed by atoms with Crippen LogP contribution in [0.4, 0.5) is 17.6 Å². The van der Waals surface area contributed by atoms with Crippen molar-refractivity contribution in [1.29, 1.82) is 0 Å². The maximum Gasteiger partial charge on any atom is 0.407 e. The number of carbonyl (C=O) groups excluding carboxylic acids is 1. The molecule has 2 aliphatic heterocycles. The van der Waals surface area contributed by atoms with Gasteiger partial charge in [0.25, 0.3) is 5.56 Å². The number of aliphatic hydroxyl groups is 1. The van der Waals surface area contributed by atoms with E-state index >= 15 is 0 Å². The molecule has 0 fully saturated rings. The highest BCUT2D eigenvalue weighted by molar-refractivity contribution is 5.90. The summed E-state index contributed by atoms with van der Waals surface area (Å²) in [4.78, 5) is 30.0.